The maximum atomic E-state index is 9.30. The second-order valence-corrected chi connectivity index (χ2v) is 6.29. The monoisotopic (exact) mass is 345 g/mol. The number of aryl methyl sites for hydroxylation is 1. The maximum absolute atomic E-state index is 9.30. The summed E-state index contributed by atoms with van der Waals surface area (Å²) in [5.41, 5.74) is 7.57. The van der Waals surface area contributed by atoms with Crippen molar-refractivity contribution in [2.75, 3.05) is 7.11 Å². The van der Waals surface area contributed by atoms with E-state index in [0.29, 0.717) is 11.4 Å². The van der Waals surface area contributed by atoms with E-state index in [1.165, 1.54) is 22.3 Å². The van der Waals surface area contributed by atoms with Crippen molar-refractivity contribution in [1.82, 2.24) is 4.98 Å². The van der Waals surface area contributed by atoms with Gasteiger partial charge in [-0.1, -0.05) is 54.1 Å². The molecule has 0 bridgehead atoms. The molecule has 3 nitrogen and oxygen atoms in total. The zero-order valence-corrected chi connectivity index (χ0v) is 15.4. The Hall–Kier alpha value is -2.91. The van der Waals surface area contributed by atoms with Crippen LogP contribution in [0.3, 0.4) is 0 Å². The third kappa shape index (κ3) is 3.84. The number of aromatic nitrogens is 1. The number of hydrogen-bond donors (Lipinski definition) is 1. The van der Waals surface area contributed by atoms with Gasteiger partial charge in [0.15, 0.2) is 0 Å². The number of hydrogen-bond acceptors (Lipinski definition) is 3. The number of methoxy groups -OCH3 is 1. The molecule has 1 N–H and O–H groups in total. The molecule has 0 spiro atoms. The van der Waals surface area contributed by atoms with Crippen molar-refractivity contribution >= 4 is 12.2 Å². The van der Waals surface area contributed by atoms with E-state index in [-0.39, 0.29) is 6.61 Å². The number of pyridine rings is 1. The zero-order valence-electron chi connectivity index (χ0n) is 15.4. The van der Waals surface area contributed by atoms with E-state index >= 15 is 0 Å². The van der Waals surface area contributed by atoms with Crippen molar-refractivity contribution in [2.24, 2.45) is 0 Å². The standard InChI is InChI=1S/C23H23NO2/c1-16-6-4-8-19(14-16)22-9-5-7-18(17(22)2)10-12-21-13-11-20(15-25)23(24-21)26-3/h4-14,25H,15H2,1-3H3/b12-10+. The van der Waals surface area contributed by atoms with Crippen molar-refractivity contribution < 1.29 is 9.84 Å². The molecule has 1 heterocycles. The molecular formula is C23H23NO2. The lowest BCUT2D eigenvalue weighted by Crippen LogP contribution is -1.96. The third-order valence-electron chi connectivity index (χ3n) is 4.46. The van der Waals surface area contributed by atoms with Crippen LogP contribution in [-0.2, 0) is 6.61 Å². The first kappa shape index (κ1) is 17.9. The second-order valence-electron chi connectivity index (χ2n) is 6.29. The van der Waals surface area contributed by atoms with Crippen molar-refractivity contribution in [1.29, 1.82) is 0 Å². The fraction of sp³-hybridized carbons (Fsp3) is 0.174. The predicted molar refractivity (Wildman–Crippen MR) is 107 cm³/mol. The summed E-state index contributed by atoms with van der Waals surface area (Å²) in [6.45, 7) is 4.16. The maximum Gasteiger partial charge on any atom is 0.219 e. The second kappa shape index (κ2) is 7.98. The Kier molecular flexibility index (Phi) is 5.49. The summed E-state index contributed by atoms with van der Waals surface area (Å²) in [4.78, 5) is 4.43. The van der Waals surface area contributed by atoms with E-state index in [0.717, 1.165) is 11.3 Å². The van der Waals surface area contributed by atoms with Gasteiger partial charge in [0.2, 0.25) is 5.88 Å². The summed E-state index contributed by atoms with van der Waals surface area (Å²) in [6, 6.07) is 18.6. The van der Waals surface area contributed by atoms with Gasteiger partial charge >= 0.3 is 0 Å². The summed E-state index contributed by atoms with van der Waals surface area (Å²) < 4.78 is 5.24. The number of ether oxygens (including phenoxy) is 1. The van der Waals surface area contributed by atoms with Crippen LogP contribution in [0.4, 0.5) is 0 Å². The molecule has 0 amide bonds. The van der Waals surface area contributed by atoms with E-state index in [2.05, 4.69) is 67.4 Å². The van der Waals surface area contributed by atoms with Crippen LogP contribution in [0.1, 0.15) is 27.9 Å². The normalized spacial score (nSPS) is 11.1. The minimum atomic E-state index is -0.0855. The lowest BCUT2D eigenvalue weighted by atomic mass is 9.95. The van der Waals surface area contributed by atoms with Crippen LogP contribution in [-0.4, -0.2) is 17.2 Å². The minimum absolute atomic E-state index is 0.0855. The van der Waals surface area contributed by atoms with Gasteiger partial charge < -0.3 is 9.84 Å². The predicted octanol–water partition coefficient (Wildman–Crippen LogP) is 5.04. The number of aliphatic hydroxyl groups excluding tert-OH is 1. The number of benzene rings is 2. The summed E-state index contributed by atoms with van der Waals surface area (Å²) in [6.07, 6.45) is 4.03. The molecule has 0 atom stereocenters. The molecule has 2 aromatic carbocycles. The van der Waals surface area contributed by atoms with Gasteiger partial charge in [0.1, 0.15) is 0 Å². The molecule has 0 aliphatic rings. The Morgan fingerprint density at radius 2 is 1.81 bits per heavy atom. The molecule has 132 valence electrons. The van der Waals surface area contributed by atoms with Gasteiger partial charge in [-0.2, -0.15) is 0 Å². The molecule has 0 unspecified atom stereocenters. The summed E-state index contributed by atoms with van der Waals surface area (Å²) in [5, 5.41) is 9.30. The van der Waals surface area contributed by atoms with Gasteiger partial charge in [-0.3, -0.25) is 0 Å². The Morgan fingerprint density at radius 3 is 2.54 bits per heavy atom. The van der Waals surface area contributed by atoms with Gasteiger partial charge in [-0.15, -0.1) is 0 Å². The number of aliphatic hydroxyl groups is 1. The van der Waals surface area contributed by atoms with Crippen molar-refractivity contribution in [2.45, 2.75) is 20.5 Å². The van der Waals surface area contributed by atoms with E-state index in [4.69, 9.17) is 4.74 Å². The molecule has 0 fully saturated rings. The summed E-state index contributed by atoms with van der Waals surface area (Å²) in [7, 11) is 1.56. The highest BCUT2D eigenvalue weighted by atomic mass is 16.5. The topological polar surface area (TPSA) is 42.4 Å². The van der Waals surface area contributed by atoms with Crippen LogP contribution in [0, 0.1) is 13.8 Å². The third-order valence-corrected chi connectivity index (χ3v) is 4.46. The van der Waals surface area contributed by atoms with Crippen molar-refractivity contribution in [3.05, 3.63) is 82.5 Å². The first-order valence-corrected chi connectivity index (χ1v) is 8.62. The Balaban J connectivity index is 1.93. The van der Waals surface area contributed by atoms with Gasteiger partial charge in [-0.25, -0.2) is 4.98 Å². The van der Waals surface area contributed by atoms with E-state index in [9.17, 15) is 5.11 Å². The Bertz CT molecular complexity index is 945. The average Bonchev–Trinajstić information content (AvgIpc) is 2.67. The fourth-order valence-corrected chi connectivity index (χ4v) is 3.01. The molecule has 1 aromatic heterocycles. The highest BCUT2D eigenvalue weighted by molar-refractivity contribution is 5.77. The van der Waals surface area contributed by atoms with Gasteiger partial charge in [0, 0.05) is 5.56 Å². The van der Waals surface area contributed by atoms with E-state index in [1.807, 2.05) is 18.2 Å². The fourth-order valence-electron chi connectivity index (χ4n) is 3.01. The molecule has 0 radical (unpaired) electrons. The quantitative estimate of drug-likeness (QED) is 0.705. The highest BCUT2D eigenvalue weighted by Gasteiger charge is 2.06. The molecule has 26 heavy (non-hydrogen) atoms. The lowest BCUT2D eigenvalue weighted by Gasteiger charge is -2.10. The average molecular weight is 345 g/mol. The van der Waals surface area contributed by atoms with E-state index < -0.39 is 0 Å². The van der Waals surface area contributed by atoms with Crippen LogP contribution >= 0.6 is 0 Å². The highest BCUT2D eigenvalue weighted by Crippen LogP contribution is 2.27. The lowest BCUT2D eigenvalue weighted by molar-refractivity contribution is 0.271. The summed E-state index contributed by atoms with van der Waals surface area (Å²) >= 11 is 0. The van der Waals surface area contributed by atoms with Gasteiger partial charge in [0.05, 0.1) is 19.4 Å². The van der Waals surface area contributed by atoms with E-state index in [1.54, 1.807) is 7.11 Å². The largest absolute Gasteiger partial charge is 0.481 e. The number of nitrogens with zero attached hydrogens (tertiary/aromatic N) is 1. The minimum Gasteiger partial charge on any atom is -0.481 e. The molecule has 0 saturated heterocycles. The van der Waals surface area contributed by atoms with Gasteiger partial charge in [-0.05, 0) is 54.3 Å². The van der Waals surface area contributed by atoms with Crippen molar-refractivity contribution in [3.8, 4) is 17.0 Å². The Morgan fingerprint density at radius 1 is 1.00 bits per heavy atom. The number of rotatable bonds is 5. The first-order valence-electron chi connectivity index (χ1n) is 8.62. The SMILES string of the molecule is COc1nc(/C=C/c2cccc(-c3cccc(C)c3)c2C)ccc1CO. The molecule has 3 heteroatoms. The van der Waals surface area contributed by atoms with Crippen LogP contribution in [0.25, 0.3) is 23.3 Å². The van der Waals surface area contributed by atoms with Crippen LogP contribution in [0.15, 0.2) is 54.6 Å². The molecule has 3 rings (SSSR count). The molecule has 0 aliphatic carbocycles. The van der Waals surface area contributed by atoms with Crippen LogP contribution in [0.2, 0.25) is 0 Å². The molecule has 3 aromatic rings. The Labute approximate surface area is 154 Å². The first-order chi connectivity index (χ1) is 12.6. The zero-order chi connectivity index (χ0) is 18.5. The molecular weight excluding hydrogens is 322 g/mol. The van der Waals surface area contributed by atoms with Crippen molar-refractivity contribution in [3.63, 3.8) is 0 Å². The smallest absolute Gasteiger partial charge is 0.219 e. The molecule has 0 saturated carbocycles. The van der Waals surface area contributed by atoms with Crippen LogP contribution in [0.5, 0.6) is 5.88 Å². The molecule has 0 aliphatic heterocycles. The van der Waals surface area contributed by atoms with Gasteiger partial charge in [0.25, 0.3) is 0 Å². The summed E-state index contributed by atoms with van der Waals surface area (Å²) in [5.74, 6) is 0.458. The van der Waals surface area contributed by atoms with Crippen LogP contribution < -0.4 is 4.74 Å².